The molecule has 0 saturated carbocycles. The molecule has 1 aliphatic heterocycles. The van der Waals surface area contributed by atoms with Crippen LogP contribution in [-0.2, 0) is 16.0 Å². The molecule has 1 atom stereocenters. The van der Waals surface area contributed by atoms with Crippen LogP contribution < -0.4 is 15.2 Å². The quantitative estimate of drug-likeness (QED) is 0.654. The Balaban J connectivity index is 1.60. The van der Waals surface area contributed by atoms with Crippen molar-refractivity contribution in [1.29, 1.82) is 0 Å². The van der Waals surface area contributed by atoms with Gasteiger partial charge in [0, 0.05) is 5.39 Å². The second-order valence-electron chi connectivity index (χ2n) is 7.56. The fourth-order valence-corrected chi connectivity index (χ4v) is 3.99. The fourth-order valence-electron chi connectivity index (χ4n) is 3.99. The first-order chi connectivity index (χ1) is 15.0. The molecule has 3 aromatic rings. The maximum atomic E-state index is 13.0. The maximum Gasteiger partial charge on any atom is 0.339 e. The predicted molar refractivity (Wildman–Crippen MR) is 115 cm³/mol. The van der Waals surface area contributed by atoms with Crippen LogP contribution in [0.15, 0.2) is 42.5 Å². The van der Waals surface area contributed by atoms with Gasteiger partial charge < -0.3 is 19.9 Å². The molecule has 2 heterocycles. The highest BCUT2D eigenvalue weighted by atomic mass is 16.7. The summed E-state index contributed by atoms with van der Waals surface area (Å²) in [6.45, 7) is 1.69. The summed E-state index contributed by atoms with van der Waals surface area (Å²) in [4.78, 5) is 29.3. The lowest BCUT2D eigenvalue weighted by molar-refractivity contribution is -0.125. The number of pyridine rings is 1. The van der Waals surface area contributed by atoms with Crippen LogP contribution in [0, 0.1) is 0 Å². The van der Waals surface area contributed by atoms with Gasteiger partial charge in [0.1, 0.15) is 0 Å². The Labute approximate surface area is 178 Å². The Morgan fingerprint density at radius 3 is 2.77 bits per heavy atom. The van der Waals surface area contributed by atoms with E-state index in [1.54, 1.807) is 0 Å². The molecule has 7 heteroatoms. The van der Waals surface area contributed by atoms with Gasteiger partial charge in [-0.1, -0.05) is 24.3 Å². The minimum absolute atomic E-state index is 0.223. The monoisotopic (exact) mass is 416 g/mol. The van der Waals surface area contributed by atoms with E-state index < -0.39 is 18.0 Å². The molecule has 0 spiro atoms. The number of fused-ring (bicyclic) bond motifs is 3. The average Bonchev–Trinajstić information content (AvgIpc) is 3.38. The first-order valence-electron chi connectivity index (χ1n) is 10.0. The summed E-state index contributed by atoms with van der Waals surface area (Å²) in [6, 6.07) is 13.2. The number of primary amides is 1. The molecule has 0 fully saturated rings. The van der Waals surface area contributed by atoms with E-state index in [9.17, 15) is 9.59 Å². The third-order valence-electron chi connectivity index (χ3n) is 5.57. The number of nitrogens with zero attached hydrogens (tertiary/aromatic N) is 1. The molecule has 1 aliphatic carbocycles. The Bertz CT molecular complexity index is 1260. The molecule has 1 aromatic heterocycles. The van der Waals surface area contributed by atoms with Crippen molar-refractivity contribution in [2.75, 3.05) is 6.79 Å². The lowest BCUT2D eigenvalue weighted by Crippen LogP contribution is -2.30. The zero-order valence-corrected chi connectivity index (χ0v) is 16.9. The maximum absolute atomic E-state index is 13.0. The van der Waals surface area contributed by atoms with Gasteiger partial charge in [0.05, 0.1) is 16.8 Å². The molecule has 0 bridgehead atoms. The molecule has 2 N–H and O–H groups in total. The highest BCUT2D eigenvalue weighted by molar-refractivity contribution is 6.07. The number of aromatic nitrogens is 1. The smallest absolute Gasteiger partial charge is 0.339 e. The number of hydrogen-bond donors (Lipinski definition) is 1. The minimum atomic E-state index is -1.01. The fraction of sp³-hybridized carbons (Fsp3) is 0.208. The number of hydrogen-bond acceptors (Lipinski definition) is 6. The van der Waals surface area contributed by atoms with Crippen LogP contribution in [0.1, 0.15) is 40.5 Å². The number of benzene rings is 2. The first-order valence-corrected chi connectivity index (χ1v) is 10.0. The number of carbonyl (C=O) groups excluding carboxylic acids is 2. The first kappa shape index (κ1) is 19.1. The van der Waals surface area contributed by atoms with Gasteiger partial charge in [0.2, 0.25) is 6.79 Å². The lowest BCUT2D eigenvalue weighted by atomic mass is 10.0. The second-order valence-corrected chi connectivity index (χ2v) is 7.56. The molecular weight excluding hydrogens is 396 g/mol. The third kappa shape index (κ3) is 3.38. The molecule has 0 saturated heterocycles. The molecule has 2 aromatic carbocycles. The summed E-state index contributed by atoms with van der Waals surface area (Å²) in [5.41, 5.74) is 10.0. The van der Waals surface area contributed by atoms with E-state index in [1.807, 2.05) is 42.5 Å². The molecule has 5 rings (SSSR count). The van der Waals surface area contributed by atoms with Crippen molar-refractivity contribution in [2.24, 2.45) is 5.73 Å². The van der Waals surface area contributed by atoms with E-state index in [1.165, 1.54) is 6.92 Å². The highest BCUT2D eigenvalue weighted by Gasteiger charge is 2.29. The van der Waals surface area contributed by atoms with E-state index in [-0.39, 0.29) is 6.79 Å². The van der Waals surface area contributed by atoms with Gasteiger partial charge >= 0.3 is 5.97 Å². The molecule has 7 nitrogen and oxygen atoms in total. The van der Waals surface area contributed by atoms with Gasteiger partial charge in [-0.05, 0) is 60.7 Å². The molecule has 0 unspecified atom stereocenters. The summed E-state index contributed by atoms with van der Waals surface area (Å²) in [5.74, 6) is 0.188. The Morgan fingerprint density at radius 2 is 1.94 bits per heavy atom. The van der Waals surface area contributed by atoms with Crippen molar-refractivity contribution >= 4 is 34.4 Å². The van der Waals surface area contributed by atoms with E-state index in [2.05, 4.69) is 6.08 Å². The van der Waals surface area contributed by atoms with E-state index in [0.29, 0.717) is 28.6 Å². The van der Waals surface area contributed by atoms with Gasteiger partial charge in [-0.2, -0.15) is 0 Å². The lowest BCUT2D eigenvalue weighted by Gasteiger charge is -2.14. The van der Waals surface area contributed by atoms with Crippen LogP contribution in [0.4, 0.5) is 0 Å². The molecule has 31 heavy (non-hydrogen) atoms. The summed E-state index contributed by atoms with van der Waals surface area (Å²) >= 11 is 0. The van der Waals surface area contributed by atoms with E-state index in [4.69, 9.17) is 24.9 Å². The highest BCUT2D eigenvalue weighted by Crippen LogP contribution is 2.39. The van der Waals surface area contributed by atoms with Crippen LogP contribution in [0.5, 0.6) is 11.5 Å². The summed E-state index contributed by atoms with van der Waals surface area (Å²) < 4.78 is 16.2. The van der Waals surface area contributed by atoms with E-state index >= 15 is 0 Å². The van der Waals surface area contributed by atoms with Crippen LogP contribution in [0.25, 0.3) is 22.6 Å². The zero-order valence-electron chi connectivity index (χ0n) is 16.9. The van der Waals surface area contributed by atoms with Gasteiger partial charge in [-0.3, -0.25) is 4.79 Å². The van der Waals surface area contributed by atoms with Crippen molar-refractivity contribution in [3.8, 4) is 11.5 Å². The van der Waals surface area contributed by atoms with Gasteiger partial charge in [-0.15, -0.1) is 0 Å². The number of carbonyl (C=O) groups is 2. The normalized spacial score (nSPS) is 16.4. The summed E-state index contributed by atoms with van der Waals surface area (Å²) in [5, 5.41) is 0.701. The molecule has 2 aliphatic rings. The van der Waals surface area contributed by atoms with E-state index in [0.717, 1.165) is 34.6 Å². The van der Waals surface area contributed by atoms with Crippen molar-refractivity contribution in [3.63, 3.8) is 0 Å². The van der Waals surface area contributed by atoms with Crippen molar-refractivity contribution in [3.05, 3.63) is 64.8 Å². The topological polar surface area (TPSA) is 101 Å². The summed E-state index contributed by atoms with van der Waals surface area (Å²) in [6.07, 6.45) is 2.43. The van der Waals surface area contributed by atoms with Crippen LogP contribution in [-0.4, -0.2) is 29.8 Å². The number of amides is 1. The number of esters is 1. The van der Waals surface area contributed by atoms with Gasteiger partial charge in [0.25, 0.3) is 5.91 Å². The zero-order chi connectivity index (χ0) is 21.5. The summed E-state index contributed by atoms with van der Waals surface area (Å²) in [7, 11) is 0. The predicted octanol–water partition coefficient (Wildman–Crippen LogP) is 3.48. The number of nitrogens with two attached hydrogens (primary N) is 1. The minimum Gasteiger partial charge on any atom is -0.454 e. The Morgan fingerprint density at radius 1 is 1.13 bits per heavy atom. The average molecular weight is 416 g/mol. The standard InChI is InChI=1S/C24H20N2O5/c1-13(23(25)27)31-24(28)21-16-4-2-3-5-18(16)26-22-15(7-8-17(21)22)10-14-6-9-19-20(11-14)30-12-29-19/h2-6,9-11,13H,7-8,12H2,1H3,(H2,25,27)/b15-10+/t13-/m0/s1. The number of para-hydroxylation sites is 1. The Hall–Kier alpha value is -3.87. The van der Waals surface area contributed by atoms with Crippen molar-refractivity contribution in [1.82, 2.24) is 4.98 Å². The second kappa shape index (κ2) is 7.43. The number of ether oxygens (including phenoxy) is 3. The van der Waals surface area contributed by atoms with Crippen molar-refractivity contribution < 1.29 is 23.8 Å². The van der Waals surface area contributed by atoms with Crippen LogP contribution in [0.2, 0.25) is 0 Å². The van der Waals surface area contributed by atoms with Crippen LogP contribution >= 0.6 is 0 Å². The third-order valence-corrected chi connectivity index (χ3v) is 5.57. The van der Waals surface area contributed by atoms with Gasteiger partial charge in [0.15, 0.2) is 17.6 Å². The number of rotatable bonds is 4. The van der Waals surface area contributed by atoms with Gasteiger partial charge in [-0.25, -0.2) is 9.78 Å². The SMILES string of the molecule is C[C@H](OC(=O)c1c2c(nc3ccccc13)/C(=C/c1ccc3c(c1)OCO3)CC2)C(N)=O. The van der Waals surface area contributed by atoms with Crippen LogP contribution in [0.3, 0.4) is 0 Å². The molecule has 156 valence electrons. The molecular formula is C24H20N2O5. The number of allylic oxidation sites excluding steroid dienone is 1. The molecule has 0 radical (unpaired) electrons. The molecule has 1 amide bonds. The largest absolute Gasteiger partial charge is 0.454 e. The Kier molecular flexibility index (Phi) is 4.58. The van der Waals surface area contributed by atoms with Crippen molar-refractivity contribution in [2.45, 2.75) is 25.9 Å².